The Labute approximate surface area is 195 Å². The van der Waals surface area contributed by atoms with Crippen LogP contribution in [-0.2, 0) is 21.9 Å². The maximum Gasteiger partial charge on any atom is 0.226 e. The molecule has 0 bridgehead atoms. The first-order valence-corrected chi connectivity index (χ1v) is 12.0. The van der Waals surface area contributed by atoms with Gasteiger partial charge in [0, 0.05) is 31.3 Å². The molecule has 2 N–H and O–H groups in total. The minimum absolute atomic E-state index is 0.0614. The molecule has 9 nitrogen and oxygen atoms in total. The van der Waals surface area contributed by atoms with Crippen LogP contribution in [0.25, 0.3) is 0 Å². The van der Waals surface area contributed by atoms with Gasteiger partial charge in [0.1, 0.15) is 0 Å². The van der Waals surface area contributed by atoms with Crippen LogP contribution in [0.1, 0.15) is 24.0 Å². The lowest BCUT2D eigenvalue weighted by molar-refractivity contribution is -0.121. The highest BCUT2D eigenvalue weighted by Gasteiger charge is 2.12. The summed E-state index contributed by atoms with van der Waals surface area (Å²) in [6.45, 7) is 3.67. The highest BCUT2D eigenvalue weighted by Crippen LogP contribution is 2.29. The number of hydrogen-bond donors (Lipinski definition) is 2. The zero-order valence-electron chi connectivity index (χ0n) is 18.4. The number of benzene rings is 1. The van der Waals surface area contributed by atoms with Crippen molar-refractivity contribution in [2.45, 2.75) is 36.4 Å². The van der Waals surface area contributed by atoms with Gasteiger partial charge < -0.3 is 15.5 Å². The molecule has 0 aliphatic carbocycles. The number of carbonyl (C=O) groups excluding carboxylic acids is 2. The van der Waals surface area contributed by atoms with Gasteiger partial charge in [-0.2, -0.15) is 5.10 Å². The Morgan fingerprint density at radius 3 is 2.62 bits per heavy atom. The van der Waals surface area contributed by atoms with Crippen molar-refractivity contribution in [2.24, 2.45) is 0 Å². The first-order valence-electron chi connectivity index (χ1n) is 10.2. The monoisotopic (exact) mass is 473 g/mol. The number of nitrogens with one attached hydrogen (secondary N) is 2. The van der Waals surface area contributed by atoms with E-state index in [2.05, 4.69) is 49.9 Å². The van der Waals surface area contributed by atoms with Crippen molar-refractivity contribution < 1.29 is 9.59 Å². The van der Waals surface area contributed by atoms with E-state index in [0.29, 0.717) is 10.8 Å². The van der Waals surface area contributed by atoms with E-state index in [0.717, 1.165) is 23.2 Å². The summed E-state index contributed by atoms with van der Waals surface area (Å²) in [6, 6.07) is 8.20. The molecule has 0 radical (unpaired) electrons. The molecule has 32 heavy (non-hydrogen) atoms. The Bertz CT molecular complexity index is 1050. The van der Waals surface area contributed by atoms with Crippen molar-refractivity contribution in [1.82, 2.24) is 24.9 Å². The van der Waals surface area contributed by atoms with Crippen molar-refractivity contribution in [3.05, 3.63) is 47.8 Å². The van der Waals surface area contributed by atoms with Gasteiger partial charge in [-0.1, -0.05) is 47.4 Å². The van der Waals surface area contributed by atoms with Crippen LogP contribution >= 0.6 is 23.1 Å². The first-order chi connectivity index (χ1) is 15.4. The number of amides is 2. The molecule has 11 heteroatoms. The van der Waals surface area contributed by atoms with Gasteiger partial charge in [0.05, 0.1) is 18.4 Å². The number of hydrogen-bond acceptors (Lipinski definition) is 8. The first kappa shape index (κ1) is 23.9. The van der Waals surface area contributed by atoms with Crippen molar-refractivity contribution >= 4 is 45.7 Å². The van der Waals surface area contributed by atoms with Gasteiger partial charge in [-0.15, -0.1) is 10.2 Å². The Morgan fingerprint density at radius 1 is 1.12 bits per heavy atom. The second-order valence-electron chi connectivity index (χ2n) is 7.48. The summed E-state index contributed by atoms with van der Waals surface area (Å²) in [4.78, 5) is 26.4. The maximum atomic E-state index is 12.2. The van der Waals surface area contributed by atoms with E-state index in [9.17, 15) is 9.59 Å². The van der Waals surface area contributed by atoms with E-state index in [1.807, 2.05) is 26.2 Å². The average molecular weight is 474 g/mol. The fourth-order valence-electron chi connectivity index (χ4n) is 2.72. The van der Waals surface area contributed by atoms with Gasteiger partial charge >= 0.3 is 0 Å². The highest BCUT2D eigenvalue weighted by molar-refractivity contribution is 8.00. The number of aromatic nitrogens is 4. The number of anilines is 2. The lowest BCUT2D eigenvalue weighted by atomic mass is 10.1. The molecule has 2 aromatic heterocycles. The van der Waals surface area contributed by atoms with Crippen LogP contribution in [0, 0.1) is 6.92 Å². The van der Waals surface area contributed by atoms with Gasteiger partial charge in [0.2, 0.25) is 16.9 Å². The van der Waals surface area contributed by atoms with E-state index in [4.69, 9.17) is 0 Å². The maximum absolute atomic E-state index is 12.2. The summed E-state index contributed by atoms with van der Waals surface area (Å²) in [5, 5.41) is 18.3. The summed E-state index contributed by atoms with van der Waals surface area (Å²) < 4.78 is 2.56. The molecule has 0 spiro atoms. The van der Waals surface area contributed by atoms with E-state index >= 15 is 0 Å². The number of thioether (sulfide) groups is 1. The summed E-state index contributed by atoms with van der Waals surface area (Å²) in [6.07, 6.45) is 3.51. The number of rotatable bonds is 11. The molecule has 0 atom stereocenters. The predicted molar refractivity (Wildman–Crippen MR) is 128 cm³/mol. The van der Waals surface area contributed by atoms with Gasteiger partial charge in [-0.25, -0.2) is 0 Å². The molecule has 0 saturated carbocycles. The predicted octanol–water partition coefficient (Wildman–Crippen LogP) is 3.25. The average Bonchev–Trinajstić information content (AvgIpc) is 3.39. The minimum atomic E-state index is -0.270. The third kappa shape index (κ3) is 7.74. The molecule has 3 aromatic rings. The van der Waals surface area contributed by atoms with Crippen LogP contribution in [0.4, 0.5) is 10.8 Å². The van der Waals surface area contributed by atoms with Crippen LogP contribution in [0.3, 0.4) is 0 Å². The van der Waals surface area contributed by atoms with Crippen LogP contribution in [-0.4, -0.2) is 57.3 Å². The van der Waals surface area contributed by atoms with Gasteiger partial charge in [-0.05, 0) is 32.1 Å². The largest absolute Gasteiger partial charge is 0.323 e. The molecule has 0 saturated heterocycles. The van der Waals surface area contributed by atoms with Gasteiger partial charge in [-0.3, -0.25) is 14.3 Å². The van der Waals surface area contributed by atoms with Gasteiger partial charge in [0.15, 0.2) is 4.34 Å². The Balaban J connectivity index is 1.38. The van der Waals surface area contributed by atoms with E-state index < -0.39 is 0 Å². The Hall–Kier alpha value is -2.76. The smallest absolute Gasteiger partial charge is 0.226 e. The molecular formula is C21H27N7O2S2. The molecule has 0 aliphatic heterocycles. The zero-order chi connectivity index (χ0) is 22.9. The molecule has 0 unspecified atom stereocenters. The second kappa shape index (κ2) is 11.7. The fourth-order valence-corrected chi connectivity index (χ4v) is 4.56. The van der Waals surface area contributed by atoms with Crippen LogP contribution < -0.4 is 10.6 Å². The Kier molecular flexibility index (Phi) is 8.77. The van der Waals surface area contributed by atoms with Crippen molar-refractivity contribution in [3.63, 3.8) is 0 Å². The van der Waals surface area contributed by atoms with E-state index in [1.165, 1.54) is 22.5 Å². The minimum Gasteiger partial charge on any atom is -0.323 e. The van der Waals surface area contributed by atoms with Crippen molar-refractivity contribution in [2.75, 3.05) is 31.3 Å². The van der Waals surface area contributed by atoms with Crippen molar-refractivity contribution in [3.8, 4) is 0 Å². The molecule has 2 amide bonds. The molecular weight excluding hydrogens is 446 g/mol. The highest BCUT2D eigenvalue weighted by atomic mass is 32.2. The van der Waals surface area contributed by atoms with Gasteiger partial charge in [0.25, 0.3) is 0 Å². The molecule has 0 aliphatic rings. The molecule has 1 aromatic carbocycles. The van der Waals surface area contributed by atoms with E-state index in [1.54, 1.807) is 28.8 Å². The lowest BCUT2D eigenvalue weighted by Crippen LogP contribution is -2.18. The molecule has 170 valence electrons. The number of carbonyl (C=O) groups is 2. The number of likely N-dealkylation sites (N-methyl/N-ethyl adjacent to an activating group) is 1. The molecule has 2 heterocycles. The molecule has 3 rings (SSSR count). The third-order valence-corrected chi connectivity index (χ3v) is 6.56. The van der Waals surface area contributed by atoms with Crippen LogP contribution in [0.15, 0.2) is 41.0 Å². The number of nitrogens with zero attached hydrogens (tertiary/aromatic N) is 5. The van der Waals surface area contributed by atoms with Crippen LogP contribution in [0.2, 0.25) is 0 Å². The summed E-state index contributed by atoms with van der Waals surface area (Å²) in [7, 11) is 3.98. The summed E-state index contributed by atoms with van der Waals surface area (Å²) in [5.74, 6) is 0.286. The topological polar surface area (TPSA) is 105 Å². The fraction of sp³-hybridized carbons (Fsp3) is 0.381. The zero-order valence-corrected chi connectivity index (χ0v) is 20.0. The molecule has 0 fully saturated rings. The van der Waals surface area contributed by atoms with Crippen LogP contribution in [0.5, 0.6) is 0 Å². The Morgan fingerprint density at radius 2 is 1.88 bits per heavy atom. The second-order valence-corrected chi connectivity index (χ2v) is 9.68. The van der Waals surface area contributed by atoms with E-state index in [-0.39, 0.29) is 24.7 Å². The normalized spacial score (nSPS) is 11.0. The summed E-state index contributed by atoms with van der Waals surface area (Å²) in [5.41, 5.74) is 3.10. The SMILES string of the molecule is Cc1ccccc1CSc1nnc(NC(=O)CCC(=O)Nc2cnn(CCN(C)C)c2)s1. The summed E-state index contributed by atoms with van der Waals surface area (Å²) >= 11 is 2.91. The number of aryl methyl sites for hydroxylation is 1. The third-order valence-electron chi connectivity index (χ3n) is 4.54. The quantitative estimate of drug-likeness (QED) is 0.325. The lowest BCUT2D eigenvalue weighted by Gasteiger charge is -2.08. The van der Waals surface area contributed by atoms with Crippen molar-refractivity contribution in [1.29, 1.82) is 0 Å². The standard InChI is InChI=1S/C21H27N7O2S2/c1-15-6-4-5-7-16(15)14-31-21-26-25-20(32-21)24-19(30)9-8-18(29)23-17-12-22-28(13-17)11-10-27(2)3/h4-7,12-13H,8-11,14H2,1-3H3,(H,23,29)(H,24,25,30).